The van der Waals surface area contributed by atoms with Crippen LogP contribution in [0.2, 0.25) is 0 Å². The molecule has 0 aliphatic rings. The molecule has 6 heavy (non-hydrogen) atoms. The lowest BCUT2D eigenvalue weighted by molar-refractivity contribution is -0.116. The third-order valence-corrected chi connectivity index (χ3v) is 0.344. The lowest BCUT2D eigenvalue weighted by Crippen LogP contribution is -2.12. The van der Waals surface area contributed by atoms with Gasteiger partial charge in [0, 0.05) is 0 Å². The lowest BCUT2D eigenvalue weighted by atomic mass is 10.6. The zero-order valence-corrected chi connectivity index (χ0v) is 3.16. The average Bonchev–Trinajstić information content (AvgIpc) is 1.65. The SMILES string of the molecule is O=[13CH]C(O)CO. The van der Waals surface area contributed by atoms with Crippen LogP contribution < -0.4 is 0 Å². The normalized spacial score (nSPS) is 13.7. The number of aldehydes is 1. The summed E-state index contributed by atoms with van der Waals surface area (Å²) >= 11 is 0. The van der Waals surface area contributed by atoms with Crippen molar-refractivity contribution in [1.82, 2.24) is 0 Å². The van der Waals surface area contributed by atoms with Gasteiger partial charge in [0.25, 0.3) is 0 Å². The van der Waals surface area contributed by atoms with E-state index in [0.717, 1.165) is 0 Å². The van der Waals surface area contributed by atoms with Crippen molar-refractivity contribution < 1.29 is 15.0 Å². The van der Waals surface area contributed by atoms with E-state index in [4.69, 9.17) is 10.2 Å². The van der Waals surface area contributed by atoms with Gasteiger partial charge in [0.1, 0.15) is 6.10 Å². The minimum atomic E-state index is -1.19. The molecular weight excluding hydrogens is 85.0 g/mol. The Bertz CT molecular complexity index is 43.3. The molecule has 0 saturated heterocycles. The Balaban J connectivity index is 2.96. The van der Waals surface area contributed by atoms with E-state index in [2.05, 4.69) is 0 Å². The molecule has 3 nitrogen and oxygen atoms in total. The van der Waals surface area contributed by atoms with Crippen molar-refractivity contribution in [3.05, 3.63) is 0 Å². The highest BCUT2D eigenvalue weighted by molar-refractivity contribution is 5.55. The summed E-state index contributed by atoms with van der Waals surface area (Å²) in [7, 11) is 0. The summed E-state index contributed by atoms with van der Waals surface area (Å²) in [5.74, 6) is 0. The van der Waals surface area contributed by atoms with Crippen molar-refractivity contribution >= 4 is 6.29 Å². The highest BCUT2D eigenvalue weighted by Crippen LogP contribution is 1.66. The summed E-state index contributed by atoms with van der Waals surface area (Å²) in [6.45, 7) is -0.483. The average molecular weight is 91.1 g/mol. The van der Waals surface area contributed by atoms with E-state index in [1.807, 2.05) is 0 Å². The Labute approximate surface area is 35.2 Å². The van der Waals surface area contributed by atoms with Crippen molar-refractivity contribution in [2.45, 2.75) is 6.10 Å². The number of aliphatic hydroxyl groups is 2. The fourth-order valence-electron chi connectivity index (χ4n) is 0.0430. The topological polar surface area (TPSA) is 57.5 Å². The van der Waals surface area contributed by atoms with Crippen LogP contribution in [0, 0.1) is 0 Å². The molecule has 0 saturated carbocycles. The fraction of sp³-hybridized carbons (Fsp3) is 0.667. The van der Waals surface area contributed by atoms with E-state index in [1.54, 1.807) is 0 Å². The van der Waals surface area contributed by atoms with Gasteiger partial charge in [-0.25, -0.2) is 0 Å². The van der Waals surface area contributed by atoms with Gasteiger partial charge in [0.2, 0.25) is 0 Å². The number of hydrogen-bond acceptors (Lipinski definition) is 3. The molecule has 0 aromatic heterocycles. The van der Waals surface area contributed by atoms with Gasteiger partial charge in [-0.2, -0.15) is 0 Å². The summed E-state index contributed by atoms with van der Waals surface area (Å²) in [5, 5.41) is 15.9. The van der Waals surface area contributed by atoms with Gasteiger partial charge in [-0.1, -0.05) is 0 Å². The van der Waals surface area contributed by atoms with Crippen molar-refractivity contribution in [3.8, 4) is 0 Å². The summed E-state index contributed by atoms with van der Waals surface area (Å²) in [4.78, 5) is 9.33. The number of carbonyl (C=O) groups excluding carboxylic acids is 1. The Hall–Kier alpha value is -0.410. The monoisotopic (exact) mass is 91.0 g/mol. The summed E-state index contributed by atoms with van der Waals surface area (Å²) < 4.78 is 0. The van der Waals surface area contributed by atoms with Crippen LogP contribution in [-0.4, -0.2) is 29.2 Å². The zero-order valence-electron chi connectivity index (χ0n) is 3.16. The standard InChI is InChI=1S/C3H6O3/c4-1-3(6)2-5/h1,3,5-6H,2H2/i1+1. The smallest absolute Gasteiger partial charge is 0.150 e. The summed E-state index contributed by atoms with van der Waals surface area (Å²) in [6, 6.07) is 0. The molecule has 0 aromatic carbocycles. The van der Waals surface area contributed by atoms with Gasteiger partial charge >= 0.3 is 0 Å². The van der Waals surface area contributed by atoms with Crippen LogP contribution in [0.25, 0.3) is 0 Å². The van der Waals surface area contributed by atoms with E-state index in [1.165, 1.54) is 0 Å². The van der Waals surface area contributed by atoms with E-state index in [9.17, 15) is 4.79 Å². The van der Waals surface area contributed by atoms with E-state index in [0.29, 0.717) is 0 Å². The molecule has 0 fully saturated rings. The van der Waals surface area contributed by atoms with Crippen LogP contribution in [0.4, 0.5) is 0 Å². The molecule has 0 spiro atoms. The second-order valence-electron chi connectivity index (χ2n) is 0.886. The molecule has 36 valence electrons. The van der Waals surface area contributed by atoms with Gasteiger partial charge in [-0.05, 0) is 0 Å². The maximum absolute atomic E-state index is 9.33. The van der Waals surface area contributed by atoms with Gasteiger partial charge in [-0.15, -0.1) is 0 Å². The molecule has 3 heteroatoms. The number of carbonyl (C=O) groups is 1. The van der Waals surface area contributed by atoms with Crippen LogP contribution in [-0.2, 0) is 4.79 Å². The molecule has 0 amide bonds. The quantitative estimate of drug-likeness (QED) is 0.322. The second-order valence-corrected chi connectivity index (χ2v) is 0.886. The predicted molar refractivity (Wildman–Crippen MR) is 19.2 cm³/mol. The molecular formula is C3H6O3. The zero-order chi connectivity index (χ0) is 4.99. The highest BCUT2D eigenvalue weighted by atomic mass is 16.3. The van der Waals surface area contributed by atoms with Gasteiger partial charge in [-0.3, -0.25) is 0 Å². The first-order valence-corrected chi connectivity index (χ1v) is 1.55. The summed E-state index contributed by atoms with van der Waals surface area (Å²) in [5.41, 5.74) is 0. The maximum Gasteiger partial charge on any atom is 0.150 e. The Morgan fingerprint density at radius 1 is 1.83 bits per heavy atom. The van der Waals surface area contributed by atoms with E-state index >= 15 is 0 Å². The van der Waals surface area contributed by atoms with Gasteiger partial charge in [0.15, 0.2) is 6.29 Å². The van der Waals surface area contributed by atoms with Gasteiger partial charge in [0.05, 0.1) is 6.61 Å². The maximum atomic E-state index is 9.33. The third-order valence-electron chi connectivity index (χ3n) is 0.344. The summed E-state index contributed by atoms with van der Waals surface area (Å²) in [6.07, 6.45) is -0.912. The molecule has 0 aromatic rings. The van der Waals surface area contributed by atoms with Crippen LogP contribution in [0.5, 0.6) is 0 Å². The van der Waals surface area contributed by atoms with Crippen LogP contribution in [0.3, 0.4) is 0 Å². The number of rotatable bonds is 2. The minimum absolute atomic E-state index is 0.278. The van der Waals surface area contributed by atoms with Crippen molar-refractivity contribution in [3.63, 3.8) is 0 Å². The second kappa shape index (κ2) is 2.81. The minimum Gasteiger partial charge on any atom is -0.393 e. The first-order chi connectivity index (χ1) is 2.81. The molecule has 0 heterocycles. The first kappa shape index (κ1) is 5.59. The van der Waals surface area contributed by atoms with Crippen LogP contribution >= 0.6 is 0 Å². The Morgan fingerprint density at radius 2 is 2.33 bits per heavy atom. The lowest BCUT2D eigenvalue weighted by Gasteiger charge is -1.89. The highest BCUT2D eigenvalue weighted by Gasteiger charge is 1.92. The molecule has 0 rings (SSSR count). The molecule has 0 aliphatic heterocycles. The molecule has 1 unspecified atom stereocenters. The van der Waals surface area contributed by atoms with Crippen molar-refractivity contribution in [2.75, 3.05) is 6.61 Å². The molecule has 0 radical (unpaired) electrons. The number of aliphatic hydroxyl groups excluding tert-OH is 2. The van der Waals surface area contributed by atoms with E-state index < -0.39 is 12.7 Å². The van der Waals surface area contributed by atoms with Crippen molar-refractivity contribution in [2.24, 2.45) is 0 Å². The number of hydrogen-bond donors (Lipinski definition) is 2. The van der Waals surface area contributed by atoms with Crippen LogP contribution in [0.15, 0.2) is 0 Å². The fourth-order valence-corrected chi connectivity index (χ4v) is 0.0430. The van der Waals surface area contributed by atoms with Crippen LogP contribution in [0.1, 0.15) is 0 Å². The Morgan fingerprint density at radius 3 is 2.33 bits per heavy atom. The Kier molecular flexibility index (Phi) is 2.62. The molecule has 1 atom stereocenters. The first-order valence-electron chi connectivity index (χ1n) is 1.55. The van der Waals surface area contributed by atoms with Crippen molar-refractivity contribution in [1.29, 1.82) is 0 Å². The largest absolute Gasteiger partial charge is 0.393 e. The van der Waals surface area contributed by atoms with Gasteiger partial charge < -0.3 is 15.0 Å². The third kappa shape index (κ3) is 1.87. The predicted octanol–water partition coefficient (Wildman–Crippen LogP) is -1.46. The molecule has 0 aliphatic carbocycles. The van der Waals surface area contributed by atoms with E-state index in [-0.39, 0.29) is 6.29 Å². The molecule has 0 bridgehead atoms. The molecule has 2 N–H and O–H groups in total.